The third kappa shape index (κ3) is 3.29. The molecule has 136 valence electrons. The first kappa shape index (κ1) is 18.9. The average Bonchev–Trinajstić information content (AvgIpc) is 3.19. The zero-order valence-corrected chi connectivity index (χ0v) is 17.1. The summed E-state index contributed by atoms with van der Waals surface area (Å²) in [6, 6.07) is 16.9. The summed E-state index contributed by atoms with van der Waals surface area (Å²) in [7, 11) is 0. The van der Waals surface area contributed by atoms with Crippen LogP contribution in [0.2, 0.25) is 0 Å². The molecular weight excluding hydrogens is 348 g/mol. The van der Waals surface area contributed by atoms with Gasteiger partial charge in [0.25, 0.3) is 0 Å². The molecular formula is C24H24N2S. The number of anilines is 1. The Labute approximate surface area is 165 Å². The van der Waals surface area contributed by atoms with Gasteiger partial charge in [-0.25, -0.2) is 0 Å². The van der Waals surface area contributed by atoms with Crippen molar-refractivity contribution in [3.63, 3.8) is 0 Å². The van der Waals surface area contributed by atoms with Crippen LogP contribution in [0.3, 0.4) is 0 Å². The second kappa shape index (κ2) is 7.82. The second-order valence-corrected chi connectivity index (χ2v) is 7.48. The van der Waals surface area contributed by atoms with Gasteiger partial charge in [0.05, 0.1) is 16.5 Å². The SMILES string of the molecule is C=C1Nc2ccc(C#N)c(-c3ccc(C(C)C)cc3)c2-c2ccsc21.CC. The number of benzene rings is 2. The van der Waals surface area contributed by atoms with Crippen LogP contribution in [0, 0.1) is 11.3 Å². The minimum absolute atomic E-state index is 0.489. The zero-order chi connectivity index (χ0) is 19.6. The molecule has 1 N–H and O–H groups in total. The average molecular weight is 373 g/mol. The number of hydrogen-bond acceptors (Lipinski definition) is 3. The standard InChI is InChI=1S/C22H18N2S.C2H6/c1-13(2)15-4-6-16(7-5-15)20-17(12-23)8-9-19-21(20)18-10-11-25-22(18)14(3)24-19;1-2/h4-11,13,24H,3H2,1-2H3;1-2H3. The van der Waals surface area contributed by atoms with Crippen LogP contribution >= 0.6 is 11.3 Å². The van der Waals surface area contributed by atoms with E-state index in [1.807, 2.05) is 26.0 Å². The molecule has 27 heavy (non-hydrogen) atoms. The van der Waals surface area contributed by atoms with Gasteiger partial charge in [0.2, 0.25) is 0 Å². The summed E-state index contributed by atoms with van der Waals surface area (Å²) in [5.74, 6) is 0.489. The van der Waals surface area contributed by atoms with E-state index in [1.54, 1.807) is 11.3 Å². The van der Waals surface area contributed by atoms with Crippen molar-refractivity contribution in [3.05, 3.63) is 70.4 Å². The van der Waals surface area contributed by atoms with Gasteiger partial charge in [-0.2, -0.15) is 5.26 Å². The van der Waals surface area contributed by atoms with E-state index in [4.69, 9.17) is 0 Å². The lowest BCUT2D eigenvalue weighted by molar-refractivity contribution is 0.867. The van der Waals surface area contributed by atoms with Crippen LogP contribution in [-0.4, -0.2) is 0 Å². The number of hydrogen-bond donors (Lipinski definition) is 1. The van der Waals surface area contributed by atoms with E-state index >= 15 is 0 Å². The molecule has 0 spiro atoms. The number of nitrogens with one attached hydrogen (secondary N) is 1. The van der Waals surface area contributed by atoms with Gasteiger partial charge < -0.3 is 5.32 Å². The van der Waals surface area contributed by atoms with Crippen molar-refractivity contribution in [1.82, 2.24) is 0 Å². The molecule has 0 atom stereocenters. The van der Waals surface area contributed by atoms with E-state index in [-0.39, 0.29) is 0 Å². The number of thiophene rings is 1. The van der Waals surface area contributed by atoms with Crippen molar-refractivity contribution >= 4 is 22.7 Å². The number of fused-ring (bicyclic) bond motifs is 3. The molecule has 3 aromatic rings. The molecule has 1 aromatic heterocycles. The van der Waals surface area contributed by atoms with E-state index in [2.05, 4.69) is 67.5 Å². The molecule has 2 aromatic carbocycles. The molecule has 1 aliphatic heterocycles. The number of nitrogens with zero attached hydrogens (tertiary/aromatic N) is 1. The number of rotatable bonds is 2. The molecule has 0 amide bonds. The van der Waals surface area contributed by atoms with Gasteiger partial charge in [0, 0.05) is 28.1 Å². The third-order valence-electron chi connectivity index (χ3n) is 4.69. The van der Waals surface area contributed by atoms with Gasteiger partial charge in [-0.3, -0.25) is 0 Å². The Hall–Kier alpha value is -2.83. The largest absolute Gasteiger partial charge is 0.354 e. The lowest BCUT2D eigenvalue weighted by Gasteiger charge is -2.24. The first-order valence-electron chi connectivity index (χ1n) is 9.31. The van der Waals surface area contributed by atoms with Gasteiger partial charge in [0.1, 0.15) is 0 Å². The maximum Gasteiger partial charge on any atom is 0.0998 e. The van der Waals surface area contributed by atoms with Crippen molar-refractivity contribution in [1.29, 1.82) is 5.26 Å². The lowest BCUT2D eigenvalue weighted by atomic mass is 9.87. The fraction of sp³-hybridized carbons (Fsp3) is 0.208. The molecule has 0 radical (unpaired) electrons. The summed E-state index contributed by atoms with van der Waals surface area (Å²) in [5.41, 5.74) is 8.25. The van der Waals surface area contributed by atoms with Crippen LogP contribution in [0.1, 0.15) is 49.6 Å². The van der Waals surface area contributed by atoms with E-state index in [0.29, 0.717) is 11.5 Å². The maximum atomic E-state index is 9.69. The molecule has 2 heterocycles. The Bertz CT molecular complexity index is 1020. The van der Waals surface area contributed by atoms with Gasteiger partial charge in [-0.05, 0) is 40.6 Å². The lowest BCUT2D eigenvalue weighted by Crippen LogP contribution is -2.06. The Morgan fingerprint density at radius 1 is 1.00 bits per heavy atom. The first-order valence-corrected chi connectivity index (χ1v) is 10.2. The van der Waals surface area contributed by atoms with Crippen LogP contribution in [0.15, 0.2) is 54.4 Å². The molecule has 0 unspecified atom stereocenters. The summed E-state index contributed by atoms with van der Waals surface area (Å²) >= 11 is 1.68. The molecule has 0 saturated carbocycles. The Kier molecular flexibility index (Phi) is 5.48. The van der Waals surface area contributed by atoms with E-state index in [9.17, 15) is 5.26 Å². The molecule has 2 nitrogen and oxygen atoms in total. The van der Waals surface area contributed by atoms with E-state index in [0.717, 1.165) is 38.5 Å². The smallest absolute Gasteiger partial charge is 0.0998 e. The van der Waals surface area contributed by atoms with Crippen molar-refractivity contribution in [2.24, 2.45) is 0 Å². The van der Waals surface area contributed by atoms with Gasteiger partial charge in [-0.15, -0.1) is 11.3 Å². The summed E-state index contributed by atoms with van der Waals surface area (Å²) in [4.78, 5) is 1.14. The van der Waals surface area contributed by atoms with E-state index in [1.165, 1.54) is 5.56 Å². The number of nitriles is 1. The molecule has 4 rings (SSSR count). The van der Waals surface area contributed by atoms with Crippen LogP contribution in [0.25, 0.3) is 28.0 Å². The quantitative estimate of drug-likeness (QED) is 0.505. The van der Waals surface area contributed by atoms with Crippen molar-refractivity contribution in [2.45, 2.75) is 33.6 Å². The summed E-state index contributed by atoms with van der Waals surface area (Å²) < 4.78 is 0. The minimum atomic E-state index is 0.489. The van der Waals surface area contributed by atoms with Gasteiger partial charge in [-0.1, -0.05) is 58.5 Å². The monoisotopic (exact) mass is 372 g/mol. The van der Waals surface area contributed by atoms with Gasteiger partial charge >= 0.3 is 0 Å². The molecule has 0 aliphatic carbocycles. The Balaban J connectivity index is 0.00000102. The first-order chi connectivity index (χ1) is 13.1. The summed E-state index contributed by atoms with van der Waals surface area (Å²) in [6.45, 7) is 12.5. The molecule has 0 bridgehead atoms. The molecule has 0 fully saturated rings. The Morgan fingerprint density at radius 3 is 2.33 bits per heavy atom. The highest BCUT2D eigenvalue weighted by Gasteiger charge is 2.25. The zero-order valence-electron chi connectivity index (χ0n) is 16.3. The van der Waals surface area contributed by atoms with Crippen molar-refractivity contribution in [2.75, 3.05) is 5.32 Å². The fourth-order valence-corrected chi connectivity index (χ4v) is 4.20. The summed E-state index contributed by atoms with van der Waals surface area (Å²) in [6.07, 6.45) is 0. The van der Waals surface area contributed by atoms with Crippen LogP contribution in [0.5, 0.6) is 0 Å². The highest BCUT2D eigenvalue weighted by atomic mass is 32.1. The minimum Gasteiger partial charge on any atom is -0.354 e. The third-order valence-corrected chi connectivity index (χ3v) is 5.66. The van der Waals surface area contributed by atoms with Crippen molar-refractivity contribution in [3.8, 4) is 28.3 Å². The summed E-state index contributed by atoms with van der Waals surface area (Å²) in [5, 5.41) is 15.2. The van der Waals surface area contributed by atoms with Crippen LogP contribution < -0.4 is 5.32 Å². The maximum absolute atomic E-state index is 9.69. The topological polar surface area (TPSA) is 35.8 Å². The fourth-order valence-electron chi connectivity index (χ4n) is 3.37. The molecule has 0 saturated heterocycles. The van der Waals surface area contributed by atoms with Gasteiger partial charge in [0.15, 0.2) is 0 Å². The molecule has 1 aliphatic rings. The normalized spacial score (nSPS) is 11.6. The Morgan fingerprint density at radius 2 is 1.70 bits per heavy atom. The predicted molar refractivity (Wildman–Crippen MR) is 118 cm³/mol. The van der Waals surface area contributed by atoms with Crippen molar-refractivity contribution < 1.29 is 0 Å². The highest BCUT2D eigenvalue weighted by molar-refractivity contribution is 7.11. The predicted octanol–water partition coefficient (Wildman–Crippen LogP) is 7.50. The van der Waals surface area contributed by atoms with E-state index < -0.39 is 0 Å². The second-order valence-electron chi connectivity index (χ2n) is 6.57. The van der Waals surface area contributed by atoms with Crippen LogP contribution in [0.4, 0.5) is 5.69 Å². The van der Waals surface area contributed by atoms with Crippen LogP contribution in [-0.2, 0) is 0 Å². The molecule has 3 heteroatoms. The highest BCUT2D eigenvalue weighted by Crippen LogP contribution is 2.48.